The van der Waals surface area contributed by atoms with E-state index in [0.29, 0.717) is 10.6 Å². The molecule has 0 spiro atoms. The van der Waals surface area contributed by atoms with Crippen molar-refractivity contribution in [3.05, 3.63) is 63.6 Å². The van der Waals surface area contributed by atoms with Crippen molar-refractivity contribution < 1.29 is 17.4 Å². The van der Waals surface area contributed by atoms with Gasteiger partial charge in [0.05, 0.1) is 16.8 Å². The van der Waals surface area contributed by atoms with E-state index in [1.807, 2.05) is 13.8 Å². The highest BCUT2D eigenvalue weighted by Crippen LogP contribution is 2.24. The van der Waals surface area contributed by atoms with Crippen molar-refractivity contribution in [2.45, 2.75) is 26.4 Å². The number of hydrogen-bond acceptors (Lipinski definition) is 4. The lowest BCUT2D eigenvalue weighted by molar-refractivity contribution is 0.0690. The van der Waals surface area contributed by atoms with Crippen molar-refractivity contribution in [1.29, 1.82) is 0 Å². The fourth-order valence-corrected chi connectivity index (χ4v) is 3.32. The highest BCUT2D eigenvalue weighted by atomic mass is 35.5. The Labute approximate surface area is 163 Å². The molecule has 0 heterocycles. The largest absolute Gasteiger partial charge is 0.383 e. The van der Waals surface area contributed by atoms with Gasteiger partial charge in [-0.05, 0) is 49.7 Å². The summed E-state index contributed by atoms with van der Waals surface area (Å²) in [5, 5.41) is 0.732. The molecule has 0 aliphatic heterocycles. The Hall–Kier alpha value is -1.76. The van der Waals surface area contributed by atoms with Crippen LogP contribution in [0.5, 0.6) is 5.75 Å². The summed E-state index contributed by atoms with van der Waals surface area (Å²) < 4.78 is 27.5. The highest BCUT2D eigenvalue weighted by Gasteiger charge is 2.21. The molecule has 5 nitrogen and oxygen atoms in total. The monoisotopic (exact) mass is 415 g/mol. The molecule has 2 aromatic rings. The van der Waals surface area contributed by atoms with Crippen molar-refractivity contribution in [2.75, 3.05) is 6.26 Å². The van der Waals surface area contributed by atoms with Crippen LogP contribution in [0, 0.1) is 0 Å². The average Bonchev–Trinajstić information content (AvgIpc) is 2.50. The van der Waals surface area contributed by atoms with Gasteiger partial charge in [-0.1, -0.05) is 35.3 Å². The number of carbonyl (C=O) groups excluding carboxylic acids is 1. The summed E-state index contributed by atoms with van der Waals surface area (Å²) in [6.07, 6.45) is 0.978. The third-order valence-electron chi connectivity index (χ3n) is 3.54. The molecule has 0 atom stereocenters. The molecule has 140 valence electrons. The molecule has 0 aliphatic carbocycles. The van der Waals surface area contributed by atoms with E-state index >= 15 is 0 Å². The normalized spacial score (nSPS) is 11.5. The molecule has 2 rings (SSSR count). The first-order valence-electron chi connectivity index (χ1n) is 7.81. The average molecular weight is 416 g/mol. The van der Waals surface area contributed by atoms with Crippen LogP contribution in [0.1, 0.15) is 29.8 Å². The molecular weight excluding hydrogens is 397 g/mol. The summed E-state index contributed by atoms with van der Waals surface area (Å²) in [5.74, 6) is -0.0400. The molecule has 0 aliphatic rings. The third kappa shape index (κ3) is 5.62. The number of carbonyl (C=O) groups is 1. The van der Waals surface area contributed by atoms with Gasteiger partial charge in [-0.2, -0.15) is 8.42 Å². The molecule has 0 aromatic heterocycles. The molecule has 0 unspecified atom stereocenters. The SMILES string of the molecule is CC(C)N(Cc1cccc(OS(C)(=O)=O)c1)C(=O)c1ccc(Cl)cc1Cl. The first-order chi connectivity index (χ1) is 12.1. The number of benzene rings is 2. The van der Waals surface area contributed by atoms with Crippen LogP contribution in [-0.4, -0.2) is 31.5 Å². The van der Waals surface area contributed by atoms with E-state index in [0.717, 1.165) is 11.8 Å². The van der Waals surface area contributed by atoms with Crippen LogP contribution >= 0.6 is 23.2 Å². The lowest BCUT2D eigenvalue weighted by Gasteiger charge is -2.27. The number of hydrogen-bond donors (Lipinski definition) is 0. The molecule has 0 N–H and O–H groups in total. The van der Waals surface area contributed by atoms with Crippen molar-refractivity contribution in [3.8, 4) is 5.75 Å². The predicted molar refractivity (Wildman–Crippen MR) is 103 cm³/mol. The maximum Gasteiger partial charge on any atom is 0.306 e. The zero-order chi connectivity index (χ0) is 19.5. The summed E-state index contributed by atoms with van der Waals surface area (Å²) in [5.41, 5.74) is 1.09. The Morgan fingerprint density at radius 3 is 2.42 bits per heavy atom. The minimum absolute atomic E-state index is 0.103. The summed E-state index contributed by atoms with van der Waals surface area (Å²) in [4.78, 5) is 14.5. The molecule has 0 saturated heterocycles. The minimum Gasteiger partial charge on any atom is -0.383 e. The van der Waals surface area contributed by atoms with Crippen LogP contribution < -0.4 is 4.18 Å². The smallest absolute Gasteiger partial charge is 0.306 e. The molecule has 8 heteroatoms. The molecule has 0 radical (unpaired) electrons. The second-order valence-corrected chi connectivity index (χ2v) is 8.50. The van der Waals surface area contributed by atoms with E-state index in [9.17, 15) is 13.2 Å². The Kier molecular flexibility index (Phi) is 6.55. The lowest BCUT2D eigenvalue weighted by atomic mass is 10.1. The number of nitrogens with zero attached hydrogens (tertiary/aromatic N) is 1. The van der Waals surface area contributed by atoms with Crippen LogP contribution in [-0.2, 0) is 16.7 Å². The minimum atomic E-state index is -3.62. The number of halogens is 2. The van der Waals surface area contributed by atoms with Gasteiger partial charge in [-0.25, -0.2) is 0 Å². The quantitative estimate of drug-likeness (QED) is 0.656. The predicted octanol–water partition coefficient (Wildman–Crippen LogP) is 4.38. The highest BCUT2D eigenvalue weighted by molar-refractivity contribution is 7.86. The van der Waals surface area contributed by atoms with E-state index in [-0.39, 0.29) is 29.3 Å². The fourth-order valence-electron chi connectivity index (χ4n) is 2.37. The van der Waals surface area contributed by atoms with Crippen LogP contribution in [0.4, 0.5) is 0 Å². The first kappa shape index (κ1) is 20.6. The van der Waals surface area contributed by atoms with Gasteiger partial charge in [0.15, 0.2) is 0 Å². The van der Waals surface area contributed by atoms with Gasteiger partial charge in [0, 0.05) is 17.6 Å². The Morgan fingerprint density at radius 2 is 1.85 bits per heavy atom. The second kappa shape index (κ2) is 8.29. The van der Waals surface area contributed by atoms with E-state index in [4.69, 9.17) is 27.4 Å². The van der Waals surface area contributed by atoms with Gasteiger partial charge in [-0.15, -0.1) is 0 Å². The van der Waals surface area contributed by atoms with E-state index in [2.05, 4.69) is 0 Å². The van der Waals surface area contributed by atoms with Gasteiger partial charge >= 0.3 is 10.1 Å². The number of rotatable bonds is 6. The maximum absolute atomic E-state index is 12.9. The van der Waals surface area contributed by atoms with Crippen molar-refractivity contribution >= 4 is 39.2 Å². The molecule has 26 heavy (non-hydrogen) atoms. The molecular formula is C18H19Cl2NO4S. The Balaban J connectivity index is 2.28. The lowest BCUT2D eigenvalue weighted by Crippen LogP contribution is -2.36. The van der Waals surface area contributed by atoms with E-state index < -0.39 is 10.1 Å². The Morgan fingerprint density at radius 1 is 1.15 bits per heavy atom. The summed E-state index contributed by atoms with van der Waals surface area (Å²) in [6.45, 7) is 4.05. The molecule has 1 amide bonds. The molecule has 0 fully saturated rings. The number of amides is 1. The van der Waals surface area contributed by atoms with Gasteiger partial charge in [-0.3, -0.25) is 4.79 Å². The molecule has 0 bridgehead atoms. The standard InChI is InChI=1S/C18H19Cl2NO4S/c1-12(2)21(18(22)16-8-7-14(19)10-17(16)20)11-13-5-4-6-15(9-13)25-26(3,23)24/h4-10,12H,11H2,1-3H3. The van der Waals surface area contributed by atoms with Crippen molar-refractivity contribution in [2.24, 2.45) is 0 Å². The van der Waals surface area contributed by atoms with E-state index in [1.165, 1.54) is 6.07 Å². The summed E-state index contributed by atoms with van der Waals surface area (Å²) in [7, 11) is -3.62. The zero-order valence-electron chi connectivity index (χ0n) is 14.6. The van der Waals surface area contributed by atoms with Crippen LogP contribution in [0.15, 0.2) is 42.5 Å². The summed E-state index contributed by atoms with van der Waals surface area (Å²) >= 11 is 12.0. The van der Waals surface area contributed by atoms with Gasteiger partial charge in [0.1, 0.15) is 5.75 Å². The zero-order valence-corrected chi connectivity index (χ0v) is 16.9. The van der Waals surface area contributed by atoms with Gasteiger partial charge in [0.2, 0.25) is 0 Å². The van der Waals surface area contributed by atoms with Gasteiger partial charge < -0.3 is 9.08 Å². The van der Waals surface area contributed by atoms with E-state index in [1.54, 1.807) is 41.3 Å². The van der Waals surface area contributed by atoms with Crippen LogP contribution in [0.25, 0.3) is 0 Å². The maximum atomic E-state index is 12.9. The van der Waals surface area contributed by atoms with Gasteiger partial charge in [0.25, 0.3) is 5.91 Å². The topological polar surface area (TPSA) is 63.7 Å². The van der Waals surface area contributed by atoms with Crippen LogP contribution in [0.2, 0.25) is 10.0 Å². The molecule has 0 saturated carbocycles. The van der Waals surface area contributed by atoms with Crippen LogP contribution in [0.3, 0.4) is 0 Å². The molecule has 2 aromatic carbocycles. The first-order valence-corrected chi connectivity index (χ1v) is 10.4. The summed E-state index contributed by atoms with van der Waals surface area (Å²) in [6, 6.07) is 11.2. The van der Waals surface area contributed by atoms with Crippen molar-refractivity contribution in [1.82, 2.24) is 4.90 Å². The Bertz CT molecular complexity index is 913. The second-order valence-electron chi connectivity index (χ2n) is 6.09. The van der Waals surface area contributed by atoms with Crippen molar-refractivity contribution in [3.63, 3.8) is 0 Å². The fraction of sp³-hybridized carbons (Fsp3) is 0.278. The third-order valence-corrected chi connectivity index (χ3v) is 4.59.